The van der Waals surface area contributed by atoms with Crippen LogP contribution in [0.4, 0.5) is 0 Å². The third-order valence-electron chi connectivity index (χ3n) is 2.98. The Balaban J connectivity index is 2.79. The molecule has 0 aliphatic carbocycles. The van der Waals surface area contributed by atoms with Crippen LogP contribution < -0.4 is 0 Å². The van der Waals surface area contributed by atoms with Crippen LogP contribution in [0.3, 0.4) is 0 Å². The van der Waals surface area contributed by atoms with Crippen LogP contribution in [0.15, 0.2) is 18.2 Å². The number of benzene rings is 1. The number of rotatable bonds is 5. The fraction of sp³-hybridized carbons (Fsp3) is 0.429. The summed E-state index contributed by atoms with van der Waals surface area (Å²) >= 11 is 0. The van der Waals surface area contributed by atoms with Crippen LogP contribution in [-0.4, -0.2) is 58.5 Å². The average Bonchev–Trinajstić information content (AvgIpc) is 2.37. The van der Waals surface area contributed by atoms with Crippen LogP contribution in [0.1, 0.15) is 24.2 Å². The summed E-state index contributed by atoms with van der Waals surface area (Å²) in [5.41, 5.74) is 0.136. The average molecular weight is 280 g/mol. The van der Waals surface area contributed by atoms with Gasteiger partial charge in [-0.25, -0.2) is 0 Å². The lowest BCUT2D eigenvalue weighted by Crippen LogP contribution is -2.41. The van der Waals surface area contributed by atoms with Crippen molar-refractivity contribution in [1.82, 2.24) is 9.80 Å². The van der Waals surface area contributed by atoms with E-state index in [9.17, 15) is 19.8 Å². The summed E-state index contributed by atoms with van der Waals surface area (Å²) in [7, 11) is 1.50. The number of likely N-dealkylation sites (N-methyl/N-ethyl adjacent to an activating group) is 2. The van der Waals surface area contributed by atoms with E-state index in [2.05, 4.69) is 0 Å². The molecule has 0 atom stereocenters. The molecule has 1 aromatic rings. The summed E-state index contributed by atoms with van der Waals surface area (Å²) in [5.74, 6) is -0.972. The molecular formula is C14H20N2O4. The summed E-state index contributed by atoms with van der Waals surface area (Å²) in [6, 6.07) is 3.64. The van der Waals surface area contributed by atoms with Crippen LogP contribution in [0.5, 0.6) is 11.5 Å². The van der Waals surface area contributed by atoms with E-state index >= 15 is 0 Å². The highest BCUT2D eigenvalue weighted by molar-refractivity contribution is 5.97. The lowest BCUT2D eigenvalue weighted by molar-refractivity contribution is -0.131. The number of amides is 2. The van der Waals surface area contributed by atoms with Crippen molar-refractivity contribution in [1.29, 1.82) is 0 Å². The van der Waals surface area contributed by atoms with Crippen LogP contribution in [0, 0.1) is 0 Å². The Morgan fingerprint density at radius 3 is 2.00 bits per heavy atom. The number of phenols is 2. The minimum absolute atomic E-state index is 0.0447. The van der Waals surface area contributed by atoms with Gasteiger partial charge in [-0.2, -0.15) is 0 Å². The number of hydrogen-bond acceptors (Lipinski definition) is 4. The largest absolute Gasteiger partial charge is 0.508 e. The molecule has 1 rings (SSSR count). The first kappa shape index (κ1) is 15.8. The van der Waals surface area contributed by atoms with E-state index in [1.54, 1.807) is 4.90 Å². The molecule has 0 heterocycles. The van der Waals surface area contributed by atoms with Crippen molar-refractivity contribution in [2.45, 2.75) is 13.8 Å². The van der Waals surface area contributed by atoms with Gasteiger partial charge >= 0.3 is 0 Å². The molecule has 0 saturated carbocycles. The summed E-state index contributed by atoms with van der Waals surface area (Å²) < 4.78 is 0. The number of hydrogen-bond donors (Lipinski definition) is 2. The van der Waals surface area contributed by atoms with Gasteiger partial charge in [0.25, 0.3) is 5.91 Å². The minimum atomic E-state index is -0.434. The topological polar surface area (TPSA) is 81.1 Å². The van der Waals surface area contributed by atoms with Crippen molar-refractivity contribution < 1.29 is 19.8 Å². The molecule has 0 unspecified atom stereocenters. The predicted molar refractivity (Wildman–Crippen MR) is 74.7 cm³/mol. The van der Waals surface area contributed by atoms with Gasteiger partial charge in [0.1, 0.15) is 11.5 Å². The standard InChI is InChI=1S/C14H20N2O4/c1-4-16(5-2)13(19)9-15(3)14(20)10-6-11(17)8-12(18)7-10/h6-8,17-18H,4-5,9H2,1-3H3. The number of phenolic OH excluding ortho intramolecular Hbond substituents is 2. The first-order chi connectivity index (χ1) is 9.38. The summed E-state index contributed by atoms with van der Waals surface area (Å²) in [6.45, 7) is 4.87. The second-order valence-electron chi connectivity index (χ2n) is 4.47. The van der Waals surface area contributed by atoms with E-state index in [1.807, 2.05) is 13.8 Å². The van der Waals surface area contributed by atoms with E-state index < -0.39 is 5.91 Å². The number of nitrogens with zero attached hydrogens (tertiary/aromatic N) is 2. The van der Waals surface area contributed by atoms with Gasteiger partial charge in [-0.15, -0.1) is 0 Å². The smallest absolute Gasteiger partial charge is 0.254 e. The number of carbonyl (C=O) groups excluding carboxylic acids is 2. The Morgan fingerprint density at radius 1 is 1.05 bits per heavy atom. The highest BCUT2D eigenvalue weighted by atomic mass is 16.3. The molecular weight excluding hydrogens is 260 g/mol. The maximum atomic E-state index is 12.1. The maximum absolute atomic E-state index is 12.1. The fourth-order valence-electron chi connectivity index (χ4n) is 1.89. The number of carbonyl (C=O) groups is 2. The molecule has 6 nitrogen and oxygen atoms in total. The van der Waals surface area contributed by atoms with Crippen molar-refractivity contribution in [3.8, 4) is 11.5 Å². The number of aromatic hydroxyl groups is 2. The van der Waals surface area contributed by atoms with Gasteiger partial charge in [0.15, 0.2) is 0 Å². The molecule has 6 heteroatoms. The van der Waals surface area contributed by atoms with Gasteiger partial charge in [-0.05, 0) is 26.0 Å². The Bertz CT molecular complexity index is 478. The van der Waals surface area contributed by atoms with Crippen LogP contribution in [0.2, 0.25) is 0 Å². The molecule has 2 amide bonds. The third kappa shape index (κ3) is 3.88. The molecule has 2 N–H and O–H groups in total. The fourth-order valence-corrected chi connectivity index (χ4v) is 1.89. The SMILES string of the molecule is CCN(CC)C(=O)CN(C)C(=O)c1cc(O)cc(O)c1. The first-order valence-electron chi connectivity index (χ1n) is 6.45. The van der Waals surface area contributed by atoms with Crippen LogP contribution >= 0.6 is 0 Å². The van der Waals surface area contributed by atoms with Crippen LogP contribution in [-0.2, 0) is 4.79 Å². The van der Waals surface area contributed by atoms with Gasteiger partial charge in [-0.3, -0.25) is 9.59 Å². The van der Waals surface area contributed by atoms with Gasteiger partial charge < -0.3 is 20.0 Å². The third-order valence-corrected chi connectivity index (χ3v) is 2.98. The quantitative estimate of drug-likeness (QED) is 0.844. The predicted octanol–water partition coefficient (Wildman–Crippen LogP) is 1.04. The zero-order valence-corrected chi connectivity index (χ0v) is 12.0. The zero-order chi connectivity index (χ0) is 15.3. The molecule has 0 bridgehead atoms. The molecule has 0 fully saturated rings. The molecule has 1 aromatic carbocycles. The van der Waals surface area contributed by atoms with Crippen molar-refractivity contribution >= 4 is 11.8 Å². The monoisotopic (exact) mass is 280 g/mol. The van der Waals surface area contributed by atoms with E-state index in [1.165, 1.54) is 24.1 Å². The Kier molecular flexibility index (Phi) is 5.37. The highest BCUT2D eigenvalue weighted by Gasteiger charge is 2.18. The molecule has 0 spiro atoms. The molecule has 0 saturated heterocycles. The Morgan fingerprint density at radius 2 is 1.55 bits per heavy atom. The van der Waals surface area contributed by atoms with E-state index in [0.29, 0.717) is 13.1 Å². The van der Waals surface area contributed by atoms with Crippen molar-refractivity contribution in [2.24, 2.45) is 0 Å². The Hall–Kier alpha value is -2.24. The summed E-state index contributed by atoms with van der Waals surface area (Å²) in [4.78, 5) is 26.9. The molecule has 110 valence electrons. The lowest BCUT2D eigenvalue weighted by Gasteiger charge is -2.23. The van der Waals surface area contributed by atoms with E-state index in [4.69, 9.17) is 0 Å². The van der Waals surface area contributed by atoms with Gasteiger partial charge in [-0.1, -0.05) is 0 Å². The Labute approximate surface area is 118 Å². The first-order valence-corrected chi connectivity index (χ1v) is 6.45. The molecule has 0 aliphatic rings. The summed E-state index contributed by atoms with van der Waals surface area (Å²) in [6.07, 6.45) is 0. The van der Waals surface area contributed by atoms with E-state index in [-0.39, 0.29) is 29.5 Å². The summed E-state index contributed by atoms with van der Waals surface area (Å²) in [5, 5.41) is 18.7. The minimum Gasteiger partial charge on any atom is -0.508 e. The van der Waals surface area contributed by atoms with E-state index in [0.717, 1.165) is 6.07 Å². The molecule has 0 aromatic heterocycles. The van der Waals surface area contributed by atoms with Crippen LogP contribution in [0.25, 0.3) is 0 Å². The highest BCUT2D eigenvalue weighted by Crippen LogP contribution is 2.21. The van der Waals surface area contributed by atoms with Crippen molar-refractivity contribution in [3.05, 3.63) is 23.8 Å². The van der Waals surface area contributed by atoms with Gasteiger partial charge in [0.05, 0.1) is 6.54 Å². The molecule has 0 aliphatic heterocycles. The van der Waals surface area contributed by atoms with Crippen molar-refractivity contribution in [3.63, 3.8) is 0 Å². The van der Waals surface area contributed by atoms with Gasteiger partial charge in [0, 0.05) is 31.8 Å². The zero-order valence-electron chi connectivity index (χ0n) is 12.0. The second-order valence-corrected chi connectivity index (χ2v) is 4.47. The second kappa shape index (κ2) is 6.79. The van der Waals surface area contributed by atoms with Crippen molar-refractivity contribution in [2.75, 3.05) is 26.7 Å². The lowest BCUT2D eigenvalue weighted by atomic mass is 10.1. The normalized spacial score (nSPS) is 10.2. The molecule has 20 heavy (non-hydrogen) atoms. The maximum Gasteiger partial charge on any atom is 0.254 e. The molecule has 0 radical (unpaired) electrons. The van der Waals surface area contributed by atoms with Gasteiger partial charge in [0.2, 0.25) is 5.91 Å².